The summed E-state index contributed by atoms with van der Waals surface area (Å²) in [7, 11) is -13.9. The molecule has 0 radical (unpaired) electrons. The first-order chi connectivity index (χ1) is 53.9. The van der Waals surface area contributed by atoms with Gasteiger partial charge in [0.05, 0.1) is 37.5 Å². The van der Waals surface area contributed by atoms with Gasteiger partial charge in [-0.1, -0.05) is 155 Å². The number of halogens is 1. The second-order valence-electron chi connectivity index (χ2n) is 27.2. The molecule has 0 bridgehead atoms. The minimum absolute atomic E-state index is 0.0206. The van der Waals surface area contributed by atoms with Crippen LogP contribution in [0.2, 0.25) is 0 Å². The number of carbonyl (C=O) groups excluding carboxylic acids is 4. The standard InChI is InChI=1S/C22H20NO5P.C21H17BrNO4P.2C21H18NO5P/c1-27-19-9-5-8-17-18(13-28-20(17)19)21(29(2,25)26)22(24)23-16-11-10-14-6-3-4-7-15(14)12-16;1-28(25,26)20(18-12-27-19-9-7-15(22)11-17(18)19)21(24)23-16-8-6-13-4-2-3-5-14(13)10-16;1-28(25,26)20(16-12-27-18-8-4-7-17(23)19(16)18)21(24)22-15-10-9-13-5-2-3-6-14(13)11-15;1-28(25,26)20(18-12-27-19-9-8-16(23)11-17(18)19)21(24)22-15-7-6-13-4-2-3-5-14(13)10-15/h3-13,21H,1-2H3,(H,23,24)(H,25,26);2-12,20H,1H3,(H,23,24)(H,25,26);2*2-12,20,23H,1H3,(H,22,24)(H,25,26). The van der Waals surface area contributed by atoms with E-state index in [4.69, 9.17) is 22.4 Å². The van der Waals surface area contributed by atoms with Crippen molar-refractivity contribution in [3.8, 4) is 17.2 Å². The number of rotatable bonds is 17. The molecule has 113 heavy (non-hydrogen) atoms. The number of para-hydroxylation sites is 1. The Labute approximate surface area is 653 Å². The summed E-state index contributed by atoms with van der Waals surface area (Å²) in [6, 6.07) is 72.4. The van der Waals surface area contributed by atoms with Crippen molar-refractivity contribution in [3.05, 3.63) is 294 Å². The lowest BCUT2D eigenvalue weighted by molar-refractivity contribution is -0.117. The summed E-state index contributed by atoms with van der Waals surface area (Å²) < 4.78 is 78.4. The summed E-state index contributed by atoms with van der Waals surface area (Å²) in [6.07, 6.45) is 5.28. The first-order valence-electron chi connectivity index (χ1n) is 34.9. The highest BCUT2D eigenvalue weighted by atomic mass is 79.9. The number of aromatic hydroxyl groups is 2. The number of fused-ring (bicyclic) bond motifs is 8. The Balaban J connectivity index is 0.000000132. The number of phenols is 2. The number of hydrogen-bond donors (Lipinski definition) is 10. The SMILES string of the molecule is COc1cccc2c(C(C(=O)Nc3ccc4ccccc4c3)P(C)(=O)O)coc12.CP(=O)(O)C(C(=O)Nc1ccc2ccccc2c1)c1coc2ccc(Br)cc12.CP(=O)(O)C(C(=O)Nc1ccc2ccccc2c1)c1coc2ccc(O)cc12.CP(=O)(O)C(C(=O)Nc1ccc2ccccc2c1)c1coc2cccc(O)c12. The number of carbonyl (C=O) groups is 4. The minimum atomic E-state index is -3.91. The van der Waals surface area contributed by atoms with Crippen molar-refractivity contribution < 1.29 is 89.6 Å². The van der Waals surface area contributed by atoms with Crippen molar-refractivity contribution in [2.45, 2.75) is 22.6 Å². The number of amides is 4. The van der Waals surface area contributed by atoms with E-state index < -0.39 is 75.7 Å². The third-order valence-electron chi connectivity index (χ3n) is 18.7. The van der Waals surface area contributed by atoms with Crippen LogP contribution in [0.1, 0.15) is 44.9 Å². The molecule has 16 aromatic rings. The van der Waals surface area contributed by atoms with Crippen molar-refractivity contribution in [2.24, 2.45) is 0 Å². The molecule has 0 saturated heterocycles. The lowest BCUT2D eigenvalue weighted by Crippen LogP contribution is -2.21. The third-order valence-corrected chi connectivity index (χ3v) is 25.1. The molecule has 4 amide bonds. The van der Waals surface area contributed by atoms with E-state index in [1.165, 1.54) is 63.7 Å². The molecule has 12 aromatic carbocycles. The maximum absolute atomic E-state index is 13.1. The highest BCUT2D eigenvalue weighted by molar-refractivity contribution is 9.10. The van der Waals surface area contributed by atoms with Gasteiger partial charge in [0.15, 0.2) is 11.3 Å². The van der Waals surface area contributed by atoms with E-state index in [9.17, 15) is 67.2 Å². The minimum Gasteiger partial charge on any atom is -0.508 e. The summed E-state index contributed by atoms with van der Waals surface area (Å²) in [5.74, 6) is -2.02. The number of furan rings is 4. The van der Waals surface area contributed by atoms with E-state index in [1.807, 2.05) is 146 Å². The molecule has 0 spiro atoms. The summed E-state index contributed by atoms with van der Waals surface area (Å²) in [5.41, 5.74) is -0.141. The van der Waals surface area contributed by atoms with Crippen LogP contribution in [0.25, 0.3) is 87.0 Å². The first kappa shape index (κ1) is 79.4. The van der Waals surface area contributed by atoms with Crippen molar-refractivity contribution in [2.75, 3.05) is 55.0 Å². The maximum Gasteiger partial charge on any atom is 0.241 e. The molecule has 0 saturated carbocycles. The lowest BCUT2D eigenvalue weighted by atomic mass is 10.1. The zero-order valence-electron chi connectivity index (χ0n) is 60.9. The highest BCUT2D eigenvalue weighted by Crippen LogP contribution is 2.59. The quantitative estimate of drug-likeness (QED) is 0.0379. The molecule has 16 rings (SSSR count). The Hall–Kier alpha value is -11.6. The Morgan fingerprint density at radius 3 is 1.09 bits per heavy atom. The summed E-state index contributed by atoms with van der Waals surface area (Å²) >= 11 is 3.39. The molecule has 0 aliphatic rings. The van der Waals surface area contributed by atoms with Gasteiger partial charge >= 0.3 is 0 Å². The van der Waals surface area contributed by atoms with Gasteiger partial charge in [-0.15, -0.1) is 0 Å². The van der Waals surface area contributed by atoms with Gasteiger partial charge in [0.2, 0.25) is 53.1 Å². The van der Waals surface area contributed by atoms with Crippen molar-refractivity contribution in [1.29, 1.82) is 0 Å². The second kappa shape index (κ2) is 33.0. The topological polar surface area (TPSA) is 368 Å². The van der Waals surface area contributed by atoms with Crippen LogP contribution in [0, 0.1) is 0 Å². The van der Waals surface area contributed by atoms with E-state index in [0.717, 1.165) is 60.9 Å². The molecule has 8 atom stereocenters. The Morgan fingerprint density at radius 1 is 0.354 bits per heavy atom. The molecule has 0 fully saturated rings. The van der Waals surface area contributed by atoms with Crippen molar-refractivity contribution in [1.82, 2.24) is 0 Å². The van der Waals surface area contributed by atoms with E-state index in [-0.39, 0.29) is 28.0 Å². The molecule has 23 nitrogen and oxygen atoms in total. The predicted octanol–water partition coefficient (Wildman–Crippen LogP) is 20.8. The molecule has 4 aromatic heterocycles. The molecular weight excluding hydrogens is 1580 g/mol. The van der Waals surface area contributed by atoms with E-state index in [0.29, 0.717) is 78.1 Å². The molecule has 0 aliphatic carbocycles. The zero-order valence-corrected chi connectivity index (χ0v) is 66.0. The van der Waals surface area contributed by atoms with Gasteiger partial charge < -0.3 is 73.5 Å². The van der Waals surface area contributed by atoms with Crippen LogP contribution in [0.3, 0.4) is 0 Å². The molecule has 10 N–H and O–H groups in total. The van der Waals surface area contributed by atoms with Gasteiger partial charge in [-0.25, -0.2) is 0 Å². The van der Waals surface area contributed by atoms with Crippen LogP contribution in [-0.4, -0.2) is 87.2 Å². The molecule has 574 valence electrons. The molecule has 0 aliphatic heterocycles. The molecular formula is C85H73BrN4O19P4. The number of benzene rings is 12. The van der Waals surface area contributed by atoms with Crippen LogP contribution in [-0.2, 0) is 37.4 Å². The van der Waals surface area contributed by atoms with E-state index in [2.05, 4.69) is 37.2 Å². The predicted molar refractivity (Wildman–Crippen MR) is 447 cm³/mol. The lowest BCUT2D eigenvalue weighted by Gasteiger charge is -2.19. The first-order valence-corrected chi connectivity index (χ1v) is 44.4. The summed E-state index contributed by atoms with van der Waals surface area (Å²) in [5, 5.41) is 40.8. The monoisotopic (exact) mass is 1660 g/mol. The number of nitrogens with one attached hydrogen (secondary N) is 4. The summed E-state index contributed by atoms with van der Waals surface area (Å²) in [4.78, 5) is 93.4. The molecule has 4 heterocycles. The molecule has 28 heteroatoms. The maximum atomic E-state index is 13.1. The van der Waals surface area contributed by atoms with Crippen molar-refractivity contribution >= 4 is 179 Å². The van der Waals surface area contributed by atoms with Crippen LogP contribution in [0.4, 0.5) is 22.7 Å². The number of ether oxygens (including phenoxy) is 1. The van der Waals surface area contributed by atoms with Gasteiger partial charge in [0, 0.05) is 92.3 Å². The second-order valence-corrected chi connectivity index (χ2v) is 37.7. The van der Waals surface area contributed by atoms with Crippen LogP contribution in [0.5, 0.6) is 17.2 Å². The number of methoxy groups -OCH3 is 1. The van der Waals surface area contributed by atoms with Gasteiger partial charge in [-0.2, -0.15) is 0 Å². The smallest absolute Gasteiger partial charge is 0.241 e. The van der Waals surface area contributed by atoms with Gasteiger partial charge in [-0.3, -0.25) is 37.4 Å². The van der Waals surface area contributed by atoms with E-state index >= 15 is 0 Å². The van der Waals surface area contributed by atoms with Crippen molar-refractivity contribution in [3.63, 3.8) is 0 Å². The van der Waals surface area contributed by atoms with Gasteiger partial charge in [0.25, 0.3) is 0 Å². The Morgan fingerprint density at radius 2 is 0.690 bits per heavy atom. The Bertz CT molecular complexity index is 6350. The fourth-order valence-electron chi connectivity index (χ4n) is 13.6. The van der Waals surface area contributed by atoms with Crippen LogP contribution < -0.4 is 26.0 Å². The van der Waals surface area contributed by atoms with E-state index in [1.54, 1.807) is 78.9 Å². The molecule has 8 unspecified atom stereocenters. The Kier molecular flexibility index (Phi) is 23.2. The average Bonchev–Trinajstić information content (AvgIpc) is 1.67. The average molecular weight is 1660 g/mol. The van der Waals surface area contributed by atoms with Gasteiger partial charge in [-0.05, 0) is 146 Å². The summed E-state index contributed by atoms with van der Waals surface area (Å²) in [6.45, 7) is 4.63. The van der Waals surface area contributed by atoms with Gasteiger partial charge in [0.1, 0.15) is 50.9 Å². The fraction of sp³-hybridized carbons (Fsp3) is 0.106. The zero-order chi connectivity index (χ0) is 80.3. The van der Waals surface area contributed by atoms with Crippen LogP contribution in [0.15, 0.2) is 290 Å². The normalized spacial score (nSPS) is 14.6. The third kappa shape index (κ3) is 18.0. The number of phenolic OH excluding ortho intramolecular Hbond substituents is 2. The number of hydrogen-bond acceptors (Lipinski definition) is 15. The largest absolute Gasteiger partial charge is 0.508 e. The fourth-order valence-corrected chi connectivity index (χ4v) is 18.8. The number of anilines is 4. The highest BCUT2D eigenvalue weighted by Gasteiger charge is 2.41. The van der Waals surface area contributed by atoms with Crippen LogP contribution >= 0.6 is 45.4 Å².